The molecule has 0 spiro atoms. The second-order valence-electron chi connectivity index (χ2n) is 5.51. The van der Waals surface area contributed by atoms with Gasteiger partial charge in [0.2, 0.25) is 10.0 Å². The van der Waals surface area contributed by atoms with Crippen molar-refractivity contribution in [2.24, 2.45) is 7.05 Å². The van der Waals surface area contributed by atoms with Gasteiger partial charge in [-0.05, 0) is 36.8 Å². The molecule has 0 atom stereocenters. The summed E-state index contributed by atoms with van der Waals surface area (Å²) in [7, 11) is -1.72. The number of rotatable bonds is 4. The van der Waals surface area contributed by atoms with Crippen molar-refractivity contribution in [3.63, 3.8) is 0 Å². The Labute approximate surface area is 150 Å². The summed E-state index contributed by atoms with van der Waals surface area (Å²) in [6, 6.07) is 9.20. The van der Waals surface area contributed by atoms with Gasteiger partial charge in [0, 0.05) is 36.4 Å². The number of aromatic nitrogens is 2. The van der Waals surface area contributed by atoms with Crippen LogP contribution in [0.15, 0.2) is 41.4 Å². The molecule has 0 fully saturated rings. The standard InChI is InChI=1S/C16H15Cl2N3O2S/c1-10-5-12-6-11(3-4-15(12)21(10)2)8-20-24(22,23)13-7-14(17)16(18)19-9-13/h3-7,9,20H,8H2,1-2H3. The molecule has 8 heteroatoms. The molecule has 0 radical (unpaired) electrons. The number of hydrogen-bond donors (Lipinski definition) is 1. The first kappa shape index (κ1) is 17.2. The fraction of sp³-hybridized carbons (Fsp3) is 0.188. The van der Waals surface area contributed by atoms with Crippen molar-refractivity contribution >= 4 is 44.1 Å². The highest BCUT2D eigenvalue weighted by Gasteiger charge is 2.16. The van der Waals surface area contributed by atoms with Crippen molar-refractivity contribution in [3.05, 3.63) is 58.0 Å². The second kappa shape index (κ2) is 6.37. The van der Waals surface area contributed by atoms with E-state index in [9.17, 15) is 8.42 Å². The van der Waals surface area contributed by atoms with Gasteiger partial charge in [0.25, 0.3) is 0 Å². The Morgan fingerprint density at radius 2 is 1.96 bits per heavy atom. The maximum absolute atomic E-state index is 12.3. The van der Waals surface area contributed by atoms with Crippen LogP contribution >= 0.6 is 23.2 Å². The Hall–Kier alpha value is -1.60. The molecule has 0 unspecified atom stereocenters. The van der Waals surface area contributed by atoms with Crippen LogP contribution in [0.25, 0.3) is 10.9 Å². The van der Waals surface area contributed by atoms with Gasteiger partial charge in [-0.3, -0.25) is 0 Å². The zero-order valence-corrected chi connectivity index (χ0v) is 15.4. The first-order valence-electron chi connectivity index (χ1n) is 7.13. The van der Waals surface area contributed by atoms with E-state index in [1.807, 2.05) is 32.2 Å². The predicted octanol–water partition coefficient (Wildman–Crippen LogP) is 3.67. The lowest BCUT2D eigenvalue weighted by molar-refractivity contribution is 0.581. The number of nitrogens with one attached hydrogen (secondary N) is 1. The first-order valence-corrected chi connectivity index (χ1v) is 9.37. The molecule has 3 rings (SSSR count). The van der Waals surface area contributed by atoms with E-state index in [-0.39, 0.29) is 21.6 Å². The number of nitrogens with zero attached hydrogens (tertiary/aromatic N) is 2. The van der Waals surface area contributed by atoms with Gasteiger partial charge in [0.1, 0.15) is 10.0 Å². The maximum Gasteiger partial charge on any atom is 0.242 e. The SMILES string of the molecule is Cc1cc2cc(CNS(=O)(=O)c3cnc(Cl)c(Cl)c3)ccc2n1C. The number of pyridine rings is 1. The van der Waals surface area contributed by atoms with Gasteiger partial charge in [0.05, 0.1) is 5.02 Å². The lowest BCUT2D eigenvalue weighted by atomic mass is 10.1. The van der Waals surface area contributed by atoms with Crippen molar-refractivity contribution in [1.82, 2.24) is 14.3 Å². The smallest absolute Gasteiger partial charge is 0.242 e. The summed E-state index contributed by atoms with van der Waals surface area (Å²) >= 11 is 11.5. The Kier molecular flexibility index (Phi) is 4.57. The number of halogens is 2. The minimum atomic E-state index is -3.71. The summed E-state index contributed by atoms with van der Waals surface area (Å²) in [6.45, 7) is 2.20. The third kappa shape index (κ3) is 3.28. The average Bonchev–Trinajstić information content (AvgIpc) is 2.82. The highest BCUT2D eigenvalue weighted by Crippen LogP contribution is 2.23. The molecular weight excluding hydrogens is 369 g/mol. The molecule has 0 aliphatic rings. The minimum Gasteiger partial charge on any atom is -0.348 e. The van der Waals surface area contributed by atoms with Gasteiger partial charge in [-0.2, -0.15) is 0 Å². The van der Waals surface area contributed by atoms with Crippen molar-refractivity contribution in [2.45, 2.75) is 18.4 Å². The Balaban J connectivity index is 1.82. The van der Waals surface area contributed by atoms with Gasteiger partial charge < -0.3 is 4.57 Å². The molecule has 0 aliphatic heterocycles. The Bertz CT molecular complexity index is 1030. The molecule has 0 bridgehead atoms. The van der Waals surface area contributed by atoms with Crippen LogP contribution in [-0.4, -0.2) is 18.0 Å². The number of sulfonamides is 1. The molecule has 1 N–H and O–H groups in total. The van der Waals surface area contributed by atoms with E-state index in [1.54, 1.807) is 0 Å². The van der Waals surface area contributed by atoms with E-state index in [0.29, 0.717) is 0 Å². The topological polar surface area (TPSA) is 64.0 Å². The Morgan fingerprint density at radius 1 is 1.21 bits per heavy atom. The zero-order chi connectivity index (χ0) is 17.5. The van der Waals surface area contributed by atoms with Crippen LogP contribution in [0.2, 0.25) is 10.2 Å². The molecule has 0 saturated carbocycles. The van der Waals surface area contributed by atoms with Gasteiger partial charge in [0.15, 0.2) is 0 Å². The van der Waals surface area contributed by atoms with Crippen LogP contribution in [0.1, 0.15) is 11.3 Å². The molecule has 1 aromatic carbocycles. The monoisotopic (exact) mass is 383 g/mol. The van der Waals surface area contributed by atoms with Gasteiger partial charge >= 0.3 is 0 Å². The first-order chi connectivity index (χ1) is 11.3. The summed E-state index contributed by atoms with van der Waals surface area (Å²) in [6.07, 6.45) is 1.18. The van der Waals surface area contributed by atoms with E-state index < -0.39 is 10.0 Å². The third-order valence-electron chi connectivity index (χ3n) is 3.89. The third-order valence-corrected chi connectivity index (χ3v) is 5.95. The van der Waals surface area contributed by atoms with E-state index in [2.05, 4.69) is 20.3 Å². The molecule has 0 saturated heterocycles. The fourth-order valence-electron chi connectivity index (χ4n) is 2.46. The van der Waals surface area contributed by atoms with Crippen molar-refractivity contribution < 1.29 is 8.42 Å². The summed E-state index contributed by atoms with van der Waals surface area (Å²) in [5.41, 5.74) is 3.11. The van der Waals surface area contributed by atoms with Crippen LogP contribution in [0.5, 0.6) is 0 Å². The molecule has 2 aromatic heterocycles. The van der Waals surface area contributed by atoms with Crippen LogP contribution in [0.4, 0.5) is 0 Å². The molecular formula is C16H15Cl2N3O2S. The summed E-state index contributed by atoms with van der Waals surface area (Å²) in [5.74, 6) is 0. The number of benzene rings is 1. The van der Waals surface area contributed by atoms with Crippen LogP contribution in [0, 0.1) is 6.92 Å². The van der Waals surface area contributed by atoms with E-state index in [1.165, 1.54) is 12.3 Å². The molecule has 126 valence electrons. The number of hydrogen-bond acceptors (Lipinski definition) is 3. The summed E-state index contributed by atoms with van der Waals surface area (Å²) in [5, 5.41) is 1.24. The minimum absolute atomic E-state index is 0.0199. The summed E-state index contributed by atoms with van der Waals surface area (Å²) in [4.78, 5) is 3.75. The highest BCUT2D eigenvalue weighted by atomic mass is 35.5. The molecule has 5 nitrogen and oxygen atoms in total. The van der Waals surface area contributed by atoms with Gasteiger partial charge in [-0.15, -0.1) is 0 Å². The maximum atomic E-state index is 12.3. The van der Waals surface area contributed by atoms with Gasteiger partial charge in [-0.1, -0.05) is 29.3 Å². The van der Waals surface area contributed by atoms with Gasteiger partial charge in [-0.25, -0.2) is 18.1 Å². The van der Waals surface area contributed by atoms with Crippen molar-refractivity contribution in [1.29, 1.82) is 0 Å². The highest BCUT2D eigenvalue weighted by molar-refractivity contribution is 7.89. The largest absolute Gasteiger partial charge is 0.348 e. The Morgan fingerprint density at radius 3 is 2.67 bits per heavy atom. The van der Waals surface area contributed by atoms with E-state index in [0.717, 1.165) is 22.2 Å². The zero-order valence-electron chi connectivity index (χ0n) is 13.0. The molecule has 0 aliphatic carbocycles. The van der Waals surface area contributed by atoms with Crippen LogP contribution in [0.3, 0.4) is 0 Å². The average molecular weight is 384 g/mol. The second-order valence-corrected chi connectivity index (χ2v) is 8.04. The molecule has 3 aromatic rings. The van der Waals surface area contributed by atoms with E-state index in [4.69, 9.17) is 23.2 Å². The van der Waals surface area contributed by atoms with Crippen LogP contribution in [-0.2, 0) is 23.6 Å². The lowest BCUT2D eigenvalue weighted by Crippen LogP contribution is -2.23. The quantitative estimate of drug-likeness (QED) is 0.699. The van der Waals surface area contributed by atoms with Crippen molar-refractivity contribution in [2.75, 3.05) is 0 Å². The van der Waals surface area contributed by atoms with Crippen LogP contribution < -0.4 is 4.72 Å². The predicted molar refractivity (Wildman–Crippen MR) is 95.9 cm³/mol. The lowest BCUT2D eigenvalue weighted by Gasteiger charge is -2.08. The van der Waals surface area contributed by atoms with E-state index >= 15 is 0 Å². The normalized spacial score (nSPS) is 12.0. The molecule has 24 heavy (non-hydrogen) atoms. The summed E-state index contributed by atoms with van der Waals surface area (Å²) < 4.78 is 29.3. The number of fused-ring (bicyclic) bond motifs is 1. The van der Waals surface area contributed by atoms with Crippen molar-refractivity contribution in [3.8, 4) is 0 Å². The molecule has 0 amide bonds. The molecule has 2 heterocycles. The number of aryl methyl sites for hydroxylation is 2. The fourth-order valence-corrected chi connectivity index (χ4v) is 3.78.